The Hall–Kier alpha value is -2.97. The number of alkyl halides is 3. The first-order valence-electron chi connectivity index (χ1n) is 13.5. The second-order valence-corrected chi connectivity index (χ2v) is 12.5. The summed E-state index contributed by atoms with van der Waals surface area (Å²) in [7, 11) is -4.06. The van der Waals surface area contributed by atoms with E-state index in [1.807, 2.05) is 13.8 Å². The molecule has 14 heteroatoms. The van der Waals surface area contributed by atoms with Gasteiger partial charge in [-0.25, -0.2) is 22.8 Å². The van der Waals surface area contributed by atoms with Crippen molar-refractivity contribution >= 4 is 31.9 Å². The van der Waals surface area contributed by atoms with Crippen LogP contribution in [0.1, 0.15) is 69.6 Å². The van der Waals surface area contributed by atoms with E-state index in [9.17, 15) is 30.8 Å². The second-order valence-electron chi connectivity index (χ2n) is 9.88. The predicted octanol–water partition coefficient (Wildman–Crippen LogP) is 6.22. The number of sulfonamides is 1. The maximum absolute atomic E-state index is 13.4. The summed E-state index contributed by atoms with van der Waals surface area (Å²) in [6, 6.07) is 4.67. The largest absolute Gasteiger partial charge is 0.451 e. The molecule has 226 valence electrons. The highest BCUT2D eigenvalue weighted by Crippen LogP contribution is 2.45. The minimum absolute atomic E-state index is 0.0321. The fourth-order valence-electron chi connectivity index (χ4n) is 4.78. The van der Waals surface area contributed by atoms with E-state index in [1.165, 1.54) is 12.1 Å². The van der Waals surface area contributed by atoms with Crippen molar-refractivity contribution < 1.29 is 30.8 Å². The highest BCUT2D eigenvalue weighted by molar-refractivity contribution is 9.10. The van der Waals surface area contributed by atoms with Crippen molar-refractivity contribution in [3.05, 3.63) is 70.2 Å². The lowest BCUT2D eigenvalue weighted by molar-refractivity contribution is -0.145. The smallest absolute Gasteiger partial charge is 0.349 e. The summed E-state index contributed by atoms with van der Waals surface area (Å²) in [6.07, 6.45) is 0.0984. The van der Waals surface area contributed by atoms with E-state index in [0.29, 0.717) is 34.1 Å². The van der Waals surface area contributed by atoms with Crippen LogP contribution in [0.4, 0.5) is 17.6 Å². The number of pyridine rings is 1. The molecule has 1 N–H and O–H groups in total. The van der Waals surface area contributed by atoms with E-state index >= 15 is 0 Å². The van der Waals surface area contributed by atoms with Crippen LogP contribution in [0.2, 0.25) is 0 Å². The average Bonchev–Trinajstić information content (AvgIpc) is 3.73. The van der Waals surface area contributed by atoms with Gasteiger partial charge in [-0.15, -0.1) is 0 Å². The molecule has 2 atom stereocenters. The summed E-state index contributed by atoms with van der Waals surface area (Å²) < 4.78 is 80.6. The van der Waals surface area contributed by atoms with Gasteiger partial charge in [0.1, 0.15) is 11.9 Å². The van der Waals surface area contributed by atoms with Crippen LogP contribution in [-0.4, -0.2) is 45.7 Å². The summed E-state index contributed by atoms with van der Waals surface area (Å²) >= 11 is 3.52. The zero-order valence-electron chi connectivity index (χ0n) is 23.1. The van der Waals surface area contributed by atoms with Crippen molar-refractivity contribution in [1.82, 2.24) is 24.6 Å². The van der Waals surface area contributed by atoms with Crippen LogP contribution < -0.4 is 5.32 Å². The second kappa shape index (κ2) is 12.7. The van der Waals surface area contributed by atoms with E-state index in [2.05, 4.69) is 36.2 Å². The Morgan fingerprint density at radius 2 is 1.69 bits per heavy atom. The number of hydrogen-bond acceptors (Lipinski definition) is 6. The van der Waals surface area contributed by atoms with Gasteiger partial charge in [0.2, 0.25) is 21.8 Å². The van der Waals surface area contributed by atoms with Crippen LogP contribution in [0.25, 0.3) is 11.1 Å². The Labute approximate surface area is 250 Å². The first-order valence-corrected chi connectivity index (χ1v) is 15.8. The molecule has 42 heavy (non-hydrogen) atoms. The molecule has 3 aromatic rings. The van der Waals surface area contributed by atoms with Crippen LogP contribution in [0.15, 0.2) is 52.1 Å². The molecule has 8 nitrogen and oxygen atoms in total. The van der Waals surface area contributed by atoms with Gasteiger partial charge in [0.25, 0.3) is 0 Å². The molecule has 2 unspecified atom stereocenters. The van der Waals surface area contributed by atoms with Crippen LogP contribution in [-0.2, 0) is 27.5 Å². The van der Waals surface area contributed by atoms with Gasteiger partial charge in [0.15, 0.2) is 0 Å². The third kappa shape index (κ3) is 6.81. The van der Waals surface area contributed by atoms with Gasteiger partial charge in [-0.1, -0.05) is 13.8 Å². The SMILES string of the molecule is CC.CC1CCC(C(=O)NCc2cc(-c3cnc(C(F)(F)F)nc3)c(Br)c(C3CC3)n2)N1S(=O)(=O)c1ccc(F)cc1. The summed E-state index contributed by atoms with van der Waals surface area (Å²) in [5.41, 5.74) is 2.05. The van der Waals surface area contributed by atoms with Crippen molar-refractivity contribution in [3.63, 3.8) is 0 Å². The number of nitrogens with zero attached hydrogens (tertiary/aromatic N) is 4. The Morgan fingerprint density at radius 1 is 1.07 bits per heavy atom. The molecule has 3 heterocycles. The first kappa shape index (κ1) is 32.0. The number of carbonyl (C=O) groups is 1. The van der Waals surface area contributed by atoms with Gasteiger partial charge in [-0.05, 0) is 78.9 Å². The molecule has 2 aliphatic rings. The third-order valence-electron chi connectivity index (χ3n) is 6.95. The van der Waals surface area contributed by atoms with Crippen molar-refractivity contribution in [2.75, 3.05) is 0 Å². The third-order valence-corrected chi connectivity index (χ3v) is 9.82. The zero-order chi connectivity index (χ0) is 30.8. The minimum Gasteiger partial charge on any atom is -0.349 e. The van der Waals surface area contributed by atoms with E-state index < -0.39 is 45.8 Å². The first-order chi connectivity index (χ1) is 19.9. The summed E-state index contributed by atoms with van der Waals surface area (Å²) in [6.45, 7) is 5.68. The molecular weight excluding hydrogens is 642 g/mol. The van der Waals surface area contributed by atoms with E-state index in [0.717, 1.165) is 47.4 Å². The van der Waals surface area contributed by atoms with Crippen LogP contribution in [0.5, 0.6) is 0 Å². The lowest BCUT2D eigenvalue weighted by Crippen LogP contribution is -2.48. The molecule has 0 radical (unpaired) electrons. The molecule has 1 saturated carbocycles. The predicted molar refractivity (Wildman–Crippen MR) is 151 cm³/mol. The highest BCUT2D eigenvalue weighted by atomic mass is 79.9. The van der Waals surface area contributed by atoms with E-state index in [-0.39, 0.29) is 17.4 Å². The maximum atomic E-state index is 13.4. The Balaban J connectivity index is 0.00000198. The molecule has 1 aliphatic heterocycles. The Morgan fingerprint density at radius 3 is 2.26 bits per heavy atom. The van der Waals surface area contributed by atoms with Gasteiger partial charge < -0.3 is 5.32 Å². The van der Waals surface area contributed by atoms with Crippen molar-refractivity contribution in [2.45, 2.75) is 82.1 Å². The molecule has 5 rings (SSSR count). The molecule has 1 saturated heterocycles. The summed E-state index contributed by atoms with van der Waals surface area (Å²) in [4.78, 5) is 24.7. The lowest BCUT2D eigenvalue weighted by atomic mass is 10.1. The molecule has 0 spiro atoms. The van der Waals surface area contributed by atoms with Gasteiger partial charge in [-0.2, -0.15) is 17.5 Å². The monoisotopic (exact) mass is 671 g/mol. The van der Waals surface area contributed by atoms with Crippen molar-refractivity contribution in [3.8, 4) is 11.1 Å². The molecule has 2 aromatic heterocycles. The standard InChI is InChI=1S/C26H24BrF4N5O3S.C2H6/c1-14-2-9-21(36(14)40(38,39)19-7-5-17(28)6-8-19)24(37)32-13-18-10-20(22(27)23(35-18)15-3-4-15)16-11-33-25(34-12-16)26(29,30)31;1-2/h5-8,10-12,14-15,21H,2-4,9,13H2,1H3,(H,32,37);1-2H3. The van der Waals surface area contributed by atoms with Crippen LogP contribution in [0, 0.1) is 5.82 Å². The quantitative estimate of drug-likeness (QED) is 0.299. The normalized spacial score (nSPS) is 19.2. The maximum Gasteiger partial charge on any atom is 0.451 e. The zero-order valence-corrected chi connectivity index (χ0v) is 25.5. The molecular formula is C28H30BrF4N5O3S. The number of amides is 1. The highest BCUT2D eigenvalue weighted by Gasteiger charge is 2.43. The van der Waals surface area contributed by atoms with Crippen molar-refractivity contribution in [2.24, 2.45) is 0 Å². The number of rotatable bonds is 7. The van der Waals surface area contributed by atoms with E-state index in [1.54, 1.807) is 13.0 Å². The minimum atomic E-state index is -4.67. The molecule has 0 bridgehead atoms. The van der Waals surface area contributed by atoms with Gasteiger partial charge in [0.05, 0.1) is 22.8 Å². The number of hydrogen-bond donors (Lipinski definition) is 1. The average molecular weight is 673 g/mol. The fraction of sp³-hybridized carbons (Fsp3) is 0.429. The van der Waals surface area contributed by atoms with Gasteiger partial charge in [-0.3, -0.25) is 9.78 Å². The topological polar surface area (TPSA) is 105 Å². The number of nitrogens with one attached hydrogen (secondary N) is 1. The van der Waals surface area contributed by atoms with Gasteiger partial charge >= 0.3 is 6.18 Å². The molecule has 1 aliphatic carbocycles. The van der Waals surface area contributed by atoms with Gasteiger partial charge in [0, 0.05) is 40.0 Å². The number of aromatic nitrogens is 3. The molecule has 2 fully saturated rings. The fourth-order valence-corrected chi connectivity index (χ4v) is 7.38. The van der Waals surface area contributed by atoms with Crippen LogP contribution in [0.3, 0.4) is 0 Å². The number of halogens is 5. The van der Waals surface area contributed by atoms with Crippen molar-refractivity contribution in [1.29, 1.82) is 0 Å². The Bertz CT molecular complexity index is 1530. The number of carbonyl (C=O) groups excluding carboxylic acids is 1. The van der Waals surface area contributed by atoms with E-state index in [4.69, 9.17) is 0 Å². The molecule has 1 amide bonds. The summed E-state index contributed by atoms with van der Waals surface area (Å²) in [5, 5.41) is 2.77. The van der Waals surface area contributed by atoms with Crippen LogP contribution >= 0.6 is 15.9 Å². The Kier molecular flexibility index (Phi) is 9.68. The summed E-state index contributed by atoms with van der Waals surface area (Å²) in [5.74, 6) is -2.15. The molecule has 1 aromatic carbocycles. The number of benzene rings is 1. The lowest BCUT2D eigenvalue weighted by Gasteiger charge is -2.27.